The largest absolute Gasteiger partial charge is 0.496 e. The Morgan fingerprint density at radius 3 is 2.75 bits per heavy atom. The molecule has 0 unspecified atom stereocenters. The fourth-order valence-electron chi connectivity index (χ4n) is 2.73. The number of aryl methyl sites for hydroxylation is 1. The number of amides is 1. The number of ether oxygens (including phenoxy) is 2. The number of carbonyl (C=O) groups is 1. The summed E-state index contributed by atoms with van der Waals surface area (Å²) < 4.78 is 11.0. The molecular weight excluding hydrogens is 354 g/mol. The first kappa shape index (κ1) is 18.9. The molecule has 1 heterocycles. The van der Waals surface area contributed by atoms with Gasteiger partial charge in [-0.1, -0.05) is 18.2 Å². The van der Waals surface area contributed by atoms with Crippen LogP contribution in [0, 0.1) is 18.3 Å². The van der Waals surface area contributed by atoms with E-state index < -0.39 is 0 Å². The predicted molar refractivity (Wildman–Crippen MR) is 106 cm³/mol. The molecule has 1 amide bonds. The van der Waals surface area contributed by atoms with Gasteiger partial charge in [0.1, 0.15) is 23.1 Å². The normalized spacial score (nSPS) is 10.0. The topological polar surface area (TPSA) is 84.2 Å². The van der Waals surface area contributed by atoms with Crippen LogP contribution in [0.3, 0.4) is 0 Å². The molecule has 0 atom stereocenters. The molecule has 0 saturated heterocycles. The number of carbonyl (C=O) groups excluding carboxylic acids is 1. The number of hydrogen-bond donors (Lipinski definition) is 1. The van der Waals surface area contributed by atoms with Crippen molar-refractivity contribution in [3.63, 3.8) is 0 Å². The summed E-state index contributed by atoms with van der Waals surface area (Å²) in [5.74, 6) is 1.33. The minimum Gasteiger partial charge on any atom is -0.496 e. The molecule has 0 aliphatic heterocycles. The molecule has 3 rings (SSSR count). The zero-order valence-electron chi connectivity index (χ0n) is 15.6. The van der Waals surface area contributed by atoms with Gasteiger partial charge in [0.2, 0.25) is 11.8 Å². The Balaban J connectivity index is 1.70. The van der Waals surface area contributed by atoms with Gasteiger partial charge in [-0.3, -0.25) is 4.79 Å². The highest BCUT2D eigenvalue weighted by molar-refractivity contribution is 5.93. The molecular formula is C22H19N3O3. The number of para-hydroxylation sites is 1. The van der Waals surface area contributed by atoms with Crippen molar-refractivity contribution in [3.05, 3.63) is 77.5 Å². The van der Waals surface area contributed by atoms with Crippen molar-refractivity contribution in [2.45, 2.75) is 13.3 Å². The van der Waals surface area contributed by atoms with Crippen LogP contribution in [0.15, 0.2) is 60.8 Å². The number of nitrogens with zero attached hydrogens (tertiary/aromatic N) is 2. The number of nitriles is 1. The zero-order valence-corrected chi connectivity index (χ0v) is 15.6. The van der Waals surface area contributed by atoms with E-state index in [1.54, 1.807) is 43.6 Å². The molecule has 28 heavy (non-hydrogen) atoms. The molecule has 1 N–H and O–H groups in total. The molecule has 0 aliphatic rings. The minimum atomic E-state index is -0.141. The first-order valence-electron chi connectivity index (χ1n) is 8.66. The Hall–Kier alpha value is -3.85. The second-order valence-corrected chi connectivity index (χ2v) is 6.08. The summed E-state index contributed by atoms with van der Waals surface area (Å²) in [5, 5.41) is 12.0. The first-order chi connectivity index (χ1) is 13.6. The van der Waals surface area contributed by atoms with E-state index in [-0.39, 0.29) is 18.2 Å². The van der Waals surface area contributed by atoms with Crippen LogP contribution in [-0.2, 0) is 11.2 Å². The molecule has 0 bridgehead atoms. The van der Waals surface area contributed by atoms with Crippen molar-refractivity contribution in [2.24, 2.45) is 0 Å². The Morgan fingerprint density at radius 1 is 1.18 bits per heavy atom. The summed E-state index contributed by atoms with van der Waals surface area (Å²) in [4.78, 5) is 16.5. The maximum Gasteiger partial charge on any atom is 0.237 e. The number of anilines is 1. The fourth-order valence-corrected chi connectivity index (χ4v) is 2.73. The monoisotopic (exact) mass is 373 g/mol. The maximum absolute atomic E-state index is 12.4. The summed E-state index contributed by atoms with van der Waals surface area (Å²) in [6, 6.07) is 18.1. The maximum atomic E-state index is 12.4. The van der Waals surface area contributed by atoms with Gasteiger partial charge < -0.3 is 14.8 Å². The SMILES string of the molecule is COc1ccccc1CC(=O)Nc1ccc(Oc2ncccc2C#N)cc1C. The van der Waals surface area contributed by atoms with E-state index in [1.165, 1.54) is 0 Å². The lowest BCUT2D eigenvalue weighted by molar-refractivity contribution is -0.115. The molecule has 6 nitrogen and oxygen atoms in total. The van der Waals surface area contributed by atoms with Crippen molar-refractivity contribution in [2.75, 3.05) is 12.4 Å². The van der Waals surface area contributed by atoms with Gasteiger partial charge in [0.05, 0.1) is 13.5 Å². The lowest BCUT2D eigenvalue weighted by Gasteiger charge is -2.12. The van der Waals surface area contributed by atoms with E-state index in [2.05, 4.69) is 10.3 Å². The van der Waals surface area contributed by atoms with Crippen LogP contribution in [0.4, 0.5) is 5.69 Å². The molecule has 0 spiro atoms. The highest BCUT2D eigenvalue weighted by Gasteiger charge is 2.11. The van der Waals surface area contributed by atoms with Crippen LogP contribution in [0.25, 0.3) is 0 Å². The van der Waals surface area contributed by atoms with Gasteiger partial charge in [-0.05, 0) is 48.9 Å². The smallest absolute Gasteiger partial charge is 0.237 e. The van der Waals surface area contributed by atoms with Crippen LogP contribution < -0.4 is 14.8 Å². The van der Waals surface area contributed by atoms with E-state index in [4.69, 9.17) is 14.7 Å². The van der Waals surface area contributed by atoms with E-state index in [0.717, 1.165) is 11.1 Å². The van der Waals surface area contributed by atoms with Gasteiger partial charge in [0, 0.05) is 17.4 Å². The standard InChI is InChI=1S/C22H19N3O3/c1-15-12-18(28-22-17(14-23)7-5-11-24-22)9-10-19(15)25-21(26)13-16-6-3-4-8-20(16)27-2/h3-12H,13H2,1-2H3,(H,25,26). The Labute approximate surface area is 163 Å². The number of benzene rings is 2. The highest BCUT2D eigenvalue weighted by atomic mass is 16.5. The molecule has 3 aromatic rings. The number of hydrogen-bond acceptors (Lipinski definition) is 5. The van der Waals surface area contributed by atoms with E-state index >= 15 is 0 Å². The van der Waals surface area contributed by atoms with Gasteiger partial charge in [-0.25, -0.2) is 4.98 Å². The third kappa shape index (κ3) is 4.46. The fraction of sp³-hybridized carbons (Fsp3) is 0.136. The molecule has 0 radical (unpaired) electrons. The highest BCUT2D eigenvalue weighted by Crippen LogP contribution is 2.27. The van der Waals surface area contributed by atoms with Crippen molar-refractivity contribution < 1.29 is 14.3 Å². The molecule has 1 aromatic heterocycles. The molecule has 6 heteroatoms. The Morgan fingerprint density at radius 2 is 2.00 bits per heavy atom. The van der Waals surface area contributed by atoms with Gasteiger partial charge in [0.15, 0.2) is 0 Å². The summed E-state index contributed by atoms with van der Waals surface area (Å²) >= 11 is 0. The zero-order chi connectivity index (χ0) is 19.9. The summed E-state index contributed by atoms with van der Waals surface area (Å²) in [6.45, 7) is 1.87. The van der Waals surface area contributed by atoms with Crippen molar-refractivity contribution >= 4 is 11.6 Å². The van der Waals surface area contributed by atoms with E-state index in [0.29, 0.717) is 22.7 Å². The van der Waals surface area contributed by atoms with E-state index in [1.807, 2.05) is 37.3 Å². The quantitative estimate of drug-likeness (QED) is 0.698. The van der Waals surface area contributed by atoms with Crippen molar-refractivity contribution in [1.29, 1.82) is 5.26 Å². The summed E-state index contributed by atoms with van der Waals surface area (Å²) in [6.07, 6.45) is 1.77. The number of nitrogens with one attached hydrogen (secondary N) is 1. The number of rotatable bonds is 6. The molecule has 0 saturated carbocycles. The Kier molecular flexibility index (Phi) is 5.87. The van der Waals surface area contributed by atoms with Crippen molar-refractivity contribution in [1.82, 2.24) is 4.98 Å². The lowest BCUT2D eigenvalue weighted by Crippen LogP contribution is -2.15. The minimum absolute atomic E-state index is 0.141. The van der Waals surface area contributed by atoms with Gasteiger partial charge >= 0.3 is 0 Å². The summed E-state index contributed by atoms with van der Waals surface area (Å²) in [7, 11) is 1.58. The van der Waals surface area contributed by atoms with E-state index in [9.17, 15) is 4.79 Å². The van der Waals surface area contributed by atoms with Crippen LogP contribution >= 0.6 is 0 Å². The molecule has 0 fully saturated rings. The van der Waals surface area contributed by atoms with Crippen LogP contribution in [0.2, 0.25) is 0 Å². The molecule has 0 aliphatic carbocycles. The Bertz CT molecular complexity index is 1040. The average Bonchev–Trinajstić information content (AvgIpc) is 2.71. The third-order valence-corrected chi connectivity index (χ3v) is 4.12. The third-order valence-electron chi connectivity index (χ3n) is 4.12. The number of pyridine rings is 1. The second kappa shape index (κ2) is 8.69. The van der Waals surface area contributed by atoms with Crippen LogP contribution in [0.5, 0.6) is 17.4 Å². The second-order valence-electron chi connectivity index (χ2n) is 6.08. The molecule has 2 aromatic carbocycles. The summed E-state index contributed by atoms with van der Waals surface area (Å²) in [5.41, 5.74) is 2.70. The average molecular weight is 373 g/mol. The van der Waals surface area contributed by atoms with Gasteiger partial charge in [-0.2, -0.15) is 5.26 Å². The number of aromatic nitrogens is 1. The van der Waals surface area contributed by atoms with Crippen molar-refractivity contribution in [3.8, 4) is 23.4 Å². The van der Waals surface area contributed by atoms with Gasteiger partial charge in [0.25, 0.3) is 0 Å². The van der Waals surface area contributed by atoms with Crippen LogP contribution in [0.1, 0.15) is 16.7 Å². The van der Waals surface area contributed by atoms with Crippen LogP contribution in [-0.4, -0.2) is 18.0 Å². The lowest BCUT2D eigenvalue weighted by atomic mass is 10.1. The predicted octanol–water partition coefficient (Wildman–Crippen LogP) is 4.24. The van der Waals surface area contributed by atoms with Gasteiger partial charge in [-0.15, -0.1) is 0 Å². The first-order valence-corrected chi connectivity index (χ1v) is 8.66. The number of methoxy groups -OCH3 is 1. The molecule has 140 valence electrons.